The van der Waals surface area contributed by atoms with E-state index in [2.05, 4.69) is 0 Å². The molecule has 3 fully saturated rings. The molecule has 1 saturated carbocycles. The van der Waals surface area contributed by atoms with Crippen molar-refractivity contribution in [3.8, 4) is 0 Å². The maximum Gasteiger partial charge on any atom is 0.0632 e. The maximum atomic E-state index is 8.69. The van der Waals surface area contributed by atoms with Crippen molar-refractivity contribution in [2.45, 2.75) is 12.5 Å². The number of rotatable bonds is 1. The molecule has 3 aliphatic rings. The lowest BCUT2D eigenvalue weighted by molar-refractivity contribution is 0.0356. The van der Waals surface area contributed by atoms with Gasteiger partial charge in [0.25, 0.3) is 0 Å². The summed E-state index contributed by atoms with van der Waals surface area (Å²) in [5.41, 5.74) is 0. The van der Waals surface area contributed by atoms with Crippen LogP contribution in [0.15, 0.2) is 0 Å². The van der Waals surface area contributed by atoms with Crippen LogP contribution in [0.3, 0.4) is 0 Å². The van der Waals surface area contributed by atoms with Gasteiger partial charge in [-0.15, -0.1) is 0 Å². The van der Waals surface area contributed by atoms with E-state index in [0.717, 1.165) is 6.61 Å². The number of ether oxygens (including phenoxy) is 1. The summed E-state index contributed by atoms with van der Waals surface area (Å²) in [5.74, 6) is 1.19. The molecule has 0 spiro atoms. The molecule has 2 nitrogen and oxygen atoms in total. The van der Waals surface area contributed by atoms with Crippen LogP contribution in [0.25, 0.3) is 0 Å². The highest BCUT2D eigenvalue weighted by Crippen LogP contribution is 2.43. The molecular weight excluding hydrogens is 104 g/mol. The summed E-state index contributed by atoms with van der Waals surface area (Å²) in [5, 5.41) is 8.69. The van der Waals surface area contributed by atoms with E-state index >= 15 is 0 Å². The van der Waals surface area contributed by atoms with Gasteiger partial charge < -0.3 is 9.84 Å². The first-order valence-electron chi connectivity index (χ1n) is 3.14. The third kappa shape index (κ3) is 0.400. The Hall–Kier alpha value is -0.0800. The third-order valence-corrected chi connectivity index (χ3v) is 2.35. The largest absolute Gasteiger partial charge is 0.396 e. The summed E-state index contributed by atoms with van der Waals surface area (Å²) >= 11 is 0. The molecule has 2 aliphatic heterocycles. The molecule has 0 aromatic carbocycles. The predicted molar refractivity (Wildman–Crippen MR) is 28.4 cm³/mol. The molecule has 3 rings (SSSR count). The van der Waals surface area contributed by atoms with Crippen LogP contribution < -0.4 is 0 Å². The van der Waals surface area contributed by atoms with E-state index in [-0.39, 0.29) is 0 Å². The van der Waals surface area contributed by atoms with Crippen LogP contribution >= 0.6 is 0 Å². The second-order valence-electron chi connectivity index (χ2n) is 2.71. The lowest BCUT2D eigenvalue weighted by Crippen LogP contribution is -2.36. The fourth-order valence-corrected chi connectivity index (χ4v) is 1.65. The standard InChI is InChI=1S/C6H10O2/c7-2-5-4-1-6(5)8-3-4/h4-7H,1-3H2/t4-,5+,6-/m1/s1. The molecule has 2 heterocycles. The Kier molecular flexibility index (Phi) is 0.866. The molecule has 0 aromatic heterocycles. The van der Waals surface area contributed by atoms with Gasteiger partial charge in [-0.25, -0.2) is 0 Å². The highest BCUT2D eigenvalue weighted by molar-refractivity contribution is 4.95. The lowest BCUT2D eigenvalue weighted by Gasteiger charge is -2.30. The molecular formula is C6H10O2. The minimum Gasteiger partial charge on any atom is -0.396 e. The summed E-state index contributed by atoms with van der Waals surface area (Å²) in [6.07, 6.45) is 1.62. The van der Waals surface area contributed by atoms with Gasteiger partial charge in [-0.05, 0) is 12.3 Å². The van der Waals surface area contributed by atoms with Crippen molar-refractivity contribution in [2.75, 3.05) is 13.2 Å². The van der Waals surface area contributed by atoms with Crippen molar-refractivity contribution in [1.29, 1.82) is 0 Å². The van der Waals surface area contributed by atoms with Crippen LogP contribution in [0.1, 0.15) is 6.42 Å². The Bertz CT molecular complexity index is 88.7. The van der Waals surface area contributed by atoms with Crippen molar-refractivity contribution in [3.05, 3.63) is 0 Å². The summed E-state index contributed by atoms with van der Waals surface area (Å²) in [7, 11) is 0. The number of aliphatic hydroxyl groups is 1. The third-order valence-electron chi connectivity index (χ3n) is 2.35. The fraction of sp³-hybridized carbons (Fsp3) is 1.00. The molecule has 2 saturated heterocycles. The van der Waals surface area contributed by atoms with Crippen molar-refractivity contribution in [1.82, 2.24) is 0 Å². The van der Waals surface area contributed by atoms with Gasteiger partial charge in [-0.2, -0.15) is 0 Å². The minimum absolute atomic E-state index is 0.329. The first kappa shape index (κ1) is 4.77. The Balaban J connectivity index is 2.02. The van der Waals surface area contributed by atoms with E-state index in [9.17, 15) is 0 Å². The molecule has 8 heavy (non-hydrogen) atoms. The predicted octanol–water partition coefficient (Wildman–Crippen LogP) is 0.0136. The van der Waals surface area contributed by atoms with Crippen LogP contribution in [-0.4, -0.2) is 24.4 Å². The van der Waals surface area contributed by atoms with Gasteiger partial charge in [0.2, 0.25) is 0 Å². The van der Waals surface area contributed by atoms with E-state index in [1.807, 2.05) is 0 Å². The number of hydrogen-bond acceptors (Lipinski definition) is 2. The van der Waals surface area contributed by atoms with Gasteiger partial charge in [-0.3, -0.25) is 0 Å². The SMILES string of the molecule is OC[C@H]1[C@H]2CO[C@@H]1C2. The fourth-order valence-electron chi connectivity index (χ4n) is 1.65. The second kappa shape index (κ2) is 1.45. The van der Waals surface area contributed by atoms with Crippen molar-refractivity contribution in [3.63, 3.8) is 0 Å². The number of aliphatic hydroxyl groups excluding tert-OH is 1. The minimum atomic E-state index is 0.329. The summed E-state index contributed by atoms with van der Waals surface area (Å²) in [6.45, 7) is 1.23. The van der Waals surface area contributed by atoms with E-state index in [4.69, 9.17) is 9.84 Å². The molecule has 0 amide bonds. The van der Waals surface area contributed by atoms with E-state index in [1.165, 1.54) is 6.42 Å². The normalized spacial score (nSPS) is 51.4. The van der Waals surface area contributed by atoms with Crippen LogP contribution in [0.2, 0.25) is 0 Å². The van der Waals surface area contributed by atoms with Crippen molar-refractivity contribution in [2.24, 2.45) is 11.8 Å². The zero-order valence-electron chi connectivity index (χ0n) is 4.71. The molecule has 2 bridgehead atoms. The topological polar surface area (TPSA) is 29.5 Å². The molecule has 0 aromatic rings. The first-order chi connectivity index (χ1) is 3.92. The highest BCUT2D eigenvalue weighted by atomic mass is 16.5. The zero-order chi connectivity index (χ0) is 5.56. The highest BCUT2D eigenvalue weighted by Gasteiger charge is 2.47. The molecule has 0 unspecified atom stereocenters. The average Bonchev–Trinajstić information content (AvgIpc) is 2.19. The van der Waals surface area contributed by atoms with Crippen LogP contribution in [0, 0.1) is 11.8 Å². The van der Waals surface area contributed by atoms with Crippen molar-refractivity contribution < 1.29 is 9.84 Å². The van der Waals surface area contributed by atoms with Crippen LogP contribution in [0.4, 0.5) is 0 Å². The Labute approximate surface area is 48.5 Å². The summed E-state index contributed by atoms with van der Waals surface area (Å²) in [4.78, 5) is 0. The summed E-state index contributed by atoms with van der Waals surface area (Å²) < 4.78 is 5.27. The number of hydrogen-bond donors (Lipinski definition) is 1. The van der Waals surface area contributed by atoms with E-state index in [1.54, 1.807) is 0 Å². The molecule has 2 heteroatoms. The van der Waals surface area contributed by atoms with Gasteiger partial charge in [-0.1, -0.05) is 0 Å². The molecule has 3 atom stereocenters. The summed E-state index contributed by atoms with van der Waals surface area (Å²) in [6, 6.07) is 0. The van der Waals surface area contributed by atoms with Crippen molar-refractivity contribution >= 4 is 0 Å². The van der Waals surface area contributed by atoms with Gasteiger partial charge in [0.1, 0.15) is 0 Å². The Morgan fingerprint density at radius 3 is 2.75 bits per heavy atom. The molecule has 0 radical (unpaired) electrons. The van der Waals surface area contributed by atoms with E-state index in [0.29, 0.717) is 24.5 Å². The molecule has 1 aliphatic carbocycles. The molecule has 1 N–H and O–H groups in total. The lowest BCUT2D eigenvalue weighted by atomic mass is 9.75. The zero-order valence-corrected chi connectivity index (χ0v) is 4.71. The van der Waals surface area contributed by atoms with Gasteiger partial charge in [0.15, 0.2) is 0 Å². The van der Waals surface area contributed by atoms with Gasteiger partial charge in [0.05, 0.1) is 12.7 Å². The van der Waals surface area contributed by atoms with E-state index < -0.39 is 0 Å². The Morgan fingerprint density at radius 1 is 1.62 bits per heavy atom. The maximum absolute atomic E-state index is 8.69. The van der Waals surface area contributed by atoms with Crippen LogP contribution in [-0.2, 0) is 4.74 Å². The quantitative estimate of drug-likeness (QED) is 0.520. The van der Waals surface area contributed by atoms with Gasteiger partial charge in [0, 0.05) is 12.5 Å². The van der Waals surface area contributed by atoms with Crippen LogP contribution in [0.5, 0.6) is 0 Å². The average molecular weight is 114 g/mol. The Morgan fingerprint density at radius 2 is 2.50 bits per heavy atom. The number of fused-ring (bicyclic) bond motifs is 1. The van der Waals surface area contributed by atoms with Gasteiger partial charge >= 0.3 is 0 Å². The second-order valence-corrected chi connectivity index (χ2v) is 2.71. The monoisotopic (exact) mass is 114 g/mol. The molecule has 46 valence electrons. The first-order valence-corrected chi connectivity index (χ1v) is 3.14. The smallest absolute Gasteiger partial charge is 0.0632 e.